The molecule has 3 N–H and O–H groups in total. The molecule has 0 aliphatic carbocycles. The summed E-state index contributed by atoms with van der Waals surface area (Å²) in [6, 6.07) is 0. The summed E-state index contributed by atoms with van der Waals surface area (Å²) in [6.45, 7) is 2.28. The Hall–Kier alpha value is 0.250. The molecule has 0 radical (unpaired) electrons. The summed E-state index contributed by atoms with van der Waals surface area (Å²) < 4.78 is 0. The van der Waals surface area contributed by atoms with Crippen molar-refractivity contribution in [2.24, 2.45) is 0 Å². The lowest BCUT2D eigenvalue weighted by molar-refractivity contribution is 0.543. The van der Waals surface area contributed by atoms with Gasteiger partial charge in [0.25, 0.3) is 0 Å². The van der Waals surface area contributed by atoms with Crippen LogP contribution in [0.1, 0.15) is 90.4 Å². The largest absolute Gasteiger partial charge is 0.344 e. The Morgan fingerprint density at radius 3 is 1.12 bits per heavy atom. The van der Waals surface area contributed by atoms with Crippen molar-refractivity contribution >= 4 is 11.6 Å². The van der Waals surface area contributed by atoms with Gasteiger partial charge in [-0.3, -0.25) is 0 Å². The van der Waals surface area contributed by atoms with Crippen LogP contribution in [0.3, 0.4) is 0 Å². The second kappa shape index (κ2) is 18.6. The number of hydrogen-bond donors (Lipinski definition) is 1. The van der Waals surface area contributed by atoms with Crippen molar-refractivity contribution in [3.8, 4) is 0 Å². The van der Waals surface area contributed by atoms with Crippen molar-refractivity contribution < 1.29 is 0 Å². The summed E-state index contributed by atoms with van der Waals surface area (Å²) in [5, 5.41) is 0. The van der Waals surface area contributed by atoms with Gasteiger partial charge in [0, 0.05) is 5.88 Å². The van der Waals surface area contributed by atoms with Crippen LogP contribution in [0.5, 0.6) is 0 Å². The molecule has 0 spiro atoms. The normalized spacial score (nSPS) is 10.2. The predicted octanol–water partition coefficient (Wildman–Crippen LogP) is 6.48. The van der Waals surface area contributed by atoms with Crippen LogP contribution in [0.4, 0.5) is 0 Å². The molecule has 0 aliphatic heterocycles. The van der Waals surface area contributed by atoms with E-state index in [0.29, 0.717) is 0 Å². The maximum atomic E-state index is 5.63. The van der Waals surface area contributed by atoms with Gasteiger partial charge in [0.15, 0.2) is 0 Å². The third-order valence-corrected chi connectivity index (χ3v) is 3.50. The second-order valence-electron chi connectivity index (χ2n) is 4.93. The average Bonchev–Trinajstić information content (AvgIpc) is 2.31. The van der Waals surface area contributed by atoms with Gasteiger partial charge in [-0.1, -0.05) is 84.0 Å². The van der Waals surface area contributed by atoms with Crippen molar-refractivity contribution in [2.45, 2.75) is 90.4 Å². The summed E-state index contributed by atoms with van der Waals surface area (Å²) in [4.78, 5) is 0. The molecule has 0 aromatic rings. The average molecular weight is 264 g/mol. The smallest absolute Gasteiger partial charge is 0.0223 e. The van der Waals surface area contributed by atoms with Crippen LogP contribution < -0.4 is 6.15 Å². The first kappa shape index (κ1) is 19.6. The number of rotatable bonds is 13. The first-order chi connectivity index (χ1) is 7.91. The van der Waals surface area contributed by atoms with Crippen molar-refractivity contribution in [3.63, 3.8) is 0 Å². The highest BCUT2D eigenvalue weighted by atomic mass is 35.5. The molecule has 0 aromatic carbocycles. The van der Waals surface area contributed by atoms with Crippen LogP contribution in [0.2, 0.25) is 0 Å². The molecule has 0 aliphatic rings. The molecule has 0 aromatic heterocycles. The molecule has 0 heterocycles. The van der Waals surface area contributed by atoms with E-state index < -0.39 is 0 Å². The zero-order valence-corrected chi connectivity index (χ0v) is 12.7. The molecule has 0 fully saturated rings. The van der Waals surface area contributed by atoms with Crippen LogP contribution in [0, 0.1) is 0 Å². The lowest BCUT2D eigenvalue weighted by Crippen LogP contribution is -1.83. The molecule has 1 nitrogen and oxygen atoms in total. The standard InChI is InChI=1S/C15H31Cl.H3N/c1-2-3-4-5-6-7-8-9-10-11-12-13-14-15-16;/h2-15H2,1H3;1H3. The first-order valence-corrected chi connectivity index (χ1v) is 8.01. The monoisotopic (exact) mass is 263 g/mol. The Morgan fingerprint density at radius 2 is 0.824 bits per heavy atom. The van der Waals surface area contributed by atoms with E-state index in [4.69, 9.17) is 11.6 Å². The zero-order valence-electron chi connectivity index (χ0n) is 12.0. The van der Waals surface area contributed by atoms with Gasteiger partial charge in [0.2, 0.25) is 0 Å². The van der Waals surface area contributed by atoms with E-state index in [1.165, 1.54) is 83.5 Å². The van der Waals surface area contributed by atoms with Gasteiger partial charge in [-0.2, -0.15) is 0 Å². The van der Waals surface area contributed by atoms with Gasteiger partial charge in [-0.25, -0.2) is 0 Å². The van der Waals surface area contributed by atoms with E-state index in [0.717, 1.165) is 5.88 Å². The first-order valence-electron chi connectivity index (χ1n) is 7.47. The van der Waals surface area contributed by atoms with Gasteiger partial charge < -0.3 is 6.15 Å². The number of alkyl halides is 1. The van der Waals surface area contributed by atoms with E-state index in [2.05, 4.69) is 6.92 Å². The predicted molar refractivity (Wildman–Crippen MR) is 81.4 cm³/mol. The van der Waals surface area contributed by atoms with Crippen LogP contribution in [-0.2, 0) is 0 Å². The zero-order chi connectivity index (χ0) is 11.9. The van der Waals surface area contributed by atoms with Crippen molar-refractivity contribution in [1.82, 2.24) is 6.15 Å². The van der Waals surface area contributed by atoms with E-state index in [1.54, 1.807) is 0 Å². The molecule has 17 heavy (non-hydrogen) atoms. The molecule has 106 valence electrons. The Morgan fingerprint density at radius 1 is 0.529 bits per heavy atom. The minimum absolute atomic E-state index is 0. The minimum atomic E-state index is 0. The Kier molecular flexibility index (Phi) is 21.4. The molecular weight excluding hydrogens is 230 g/mol. The van der Waals surface area contributed by atoms with E-state index in [9.17, 15) is 0 Å². The van der Waals surface area contributed by atoms with Gasteiger partial charge in [0.1, 0.15) is 0 Å². The van der Waals surface area contributed by atoms with Crippen molar-refractivity contribution in [2.75, 3.05) is 5.88 Å². The van der Waals surface area contributed by atoms with E-state index in [1.807, 2.05) is 0 Å². The summed E-state index contributed by atoms with van der Waals surface area (Å²) in [5.41, 5.74) is 0. The third kappa shape index (κ3) is 18.8. The lowest BCUT2D eigenvalue weighted by Gasteiger charge is -2.02. The highest BCUT2D eigenvalue weighted by Crippen LogP contribution is 2.12. The Bertz CT molecular complexity index is 103. The van der Waals surface area contributed by atoms with E-state index >= 15 is 0 Å². The number of halogens is 1. The molecular formula is C15H34ClN. The summed E-state index contributed by atoms with van der Waals surface area (Å²) in [6.07, 6.45) is 18.3. The Balaban J connectivity index is 0. The van der Waals surface area contributed by atoms with Crippen LogP contribution in [0.25, 0.3) is 0 Å². The minimum Gasteiger partial charge on any atom is -0.344 e. The highest BCUT2D eigenvalue weighted by Gasteiger charge is 1.93. The molecule has 0 amide bonds. The van der Waals surface area contributed by atoms with Crippen LogP contribution in [0.15, 0.2) is 0 Å². The van der Waals surface area contributed by atoms with Crippen LogP contribution >= 0.6 is 11.6 Å². The van der Waals surface area contributed by atoms with E-state index in [-0.39, 0.29) is 6.15 Å². The fraction of sp³-hybridized carbons (Fsp3) is 1.00. The highest BCUT2D eigenvalue weighted by molar-refractivity contribution is 6.17. The second-order valence-corrected chi connectivity index (χ2v) is 5.31. The summed E-state index contributed by atoms with van der Waals surface area (Å²) >= 11 is 5.63. The topological polar surface area (TPSA) is 35.0 Å². The Labute approximate surface area is 114 Å². The quantitative estimate of drug-likeness (QED) is 0.300. The molecule has 0 unspecified atom stereocenters. The van der Waals surface area contributed by atoms with Crippen molar-refractivity contribution in [1.29, 1.82) is 0 Å². The van der Waals surface area contributed by atoms with Gasteiger partial charge in [-0.05, 0) is 6.42 Å². The summed E-state index contributed by atoms with van der Waals surface area (Å²) in [5.74, 6) is 0.845. The SMILES string of the molecule is CCCCCCCCCCCCCCCCl.N. The fourth-order valence-electron chi connectivity index (χ4n) is 2.11. The maximum Gasteiger partial charge on any atom is 0.0223 e. The summed E-state index contributed by atoms with van der Waals surface area (Å²) in [7, 11) is 0. The molecule has 0 saturated carbocycles. The molecule has 0 saturated heterocycles. The van der Waals surface area contributed by atoms with Gasteiger partial charge in [-0.15, -0.1) is 11.6 Å². The third-order valence-electron chi connectivity index (χ3n) is 3.24. The van der Waals surface area contributed by atoms with Gasteiger partial charge in [0.05, 0.1) is 0 Å². The molecule has 2 heteroatoms. The fourth-order valence-corrected chi connectivity index (χ4v) is 2.30. The van der Waals surface area contributed by atoms with Crippen molar-refractivity contribution in [3.05, 3.63) is 0 Å². The number of unbranched alkanes of at least 4 members (excludes halogenated alkanes) is 12. The molecule has 0 atom stereocenters. The molecule has 0 rings (SSSR count). The van der Waals surface area contributed by atoms with Gasteiger partial charge >= 0.3 is 0 Å². The number of hydrogen-bond acceptors (Lipinski definition) is 1. The lowest BCUT2D eigenvalue weighted by atomic mass is 10.1. The van der Waals surface area contributed by atoms with Crippen LogP contribution in [-0.4, -0.2) is 5.88 Å². The molecule has 0 bridgehead atoms. The maximum absolute atomic E-state index is 5.63.